The molecule has 0 aliphatic heterocycles. The Morgan fingerprint density at radius 3 is 2.45 bits per heavy atom. The molecule has 0 aromatic heterocycles. The van der Waals surface area contributed by atoms with E-state index in [9.17, 15) is 8.78 Å². The van der Waals surface area contributed by atoms with E-state index in [0.717, 1.165) is 24.2 Å². The second kappa shape index (κ2) is 11.1. The molecule has 0 heterocycles. The summed E-state index contributed by atoms with van der Waals surface area (Å²) in [6.45, 7) is 5.95. The molecular formula is C30H36F2O. The lowest BCUT2D eigenvalue weighted by molar-refractivity contribution is 0.115. The number of fused-ring (bicyclic) bond motifs is 1. The average Bonchev–Trinajstić information content (AvgIpc) is 2.85. The lowest BCUT2D eigenvalue weighted by atomic mass is 9.63. The highest BCUT2D eigenvalue weighted by Gasteiger charge is 2.35. The second-order valence-corrected chi connectivity index (χ2v) is 9.82. The van der Waals surface area contributed by atoms with Crippen LogP contribution < -0.4 is 4.74 Å². The van der Waals surface area contributed by atoms with Crippen LogP contribution in [0.15, 0.2) is 61.2 Å². The van der Waals surface area contributed by atoms with Crippen LogP contribution in [0.5, 0.6) is 5.75 Å². The second-order valence-electron chi connectivity index (χ2n) is 9.82. The number of ether oxygens (including phenoxy) is 1. The molecule has 0 N–H and O–H groups in total. The van der Waals surface area contributed by atoms with Gasteiger partial charge < -0.3 is 4.74 Å². The molecule has 2 aromatic rings. The van der Waals surface area contributed by atoms with Crippen molar-refractivity contribution >= 4 is 0 Å². The highest BCUT2D eigenvalue weighted by Crippen LogP contribution is 2.48. The Morgan fingerprint density at radius 2 is 1.70 bits per heavy atom. The van der Waals surface area contributed by atoms with Crippen LogP contribution in [0.25, 0.3) is 11.1 Å². The first kappa shape index (κ1) is 23.7. The fraction of sp³-hybridized carbons (Fsp3) is 0.467. The van der Waals surface area contributed by atoms with Crippen LogP contribution >= 0.6 is 0 Å². The highest BCUT2D eigenvalue weighted by molar-refractivity contribution is 5.65. The molecule has 2 saturated carbocycles. The summed E-state index contributed by atoms with van der Waals surface area (Å²) in [6, 6.07) is 11.2. The minimum Gasteiger partial charge on any atom is -0.486 e. The molecule has 0 bridgehead atoms. The first-order valence-corrected chi connectivity index (χ1v) is 12.5. The maximum Gasteiger partial charge on any atom is 0.201 e. The third-order valence-corrected chi connectivity index (χ3v) is 7.81. The fourth-order valence-electron chi connectivity index (χ4n) is 5.94. The van der Waals surface area contributed by atoms with Crippen molar-refractivity contribution in [2.75, 3.05) is 6.61 Å². The average molecular weight is 451 g/mol. The molecule has 0 amide bonds. The minimum absolute atomic E-state index is 0.0538. The van der Waals surface area contributed by atoms with Crippen LogP contribution in [0.4, 0.5) is 8.78 Å². The van der Waals surface area contributed by atoms with Gasteiger partial charge in [0.2, 0.25) is 5.82 Å². The first-order chi connectivity index (χ1) is 16.1. The minimum atomic E-state index is -0.928. The smallest absolute Gasteiger partial charge is 0.201 e. The van der Waals surface area contributed by atoms with Crippen molar-refractivity contribution in [3.8, 4) is 16.9 Å². The number of benzene rings is 2. The lowest BCUT2D eigenvalue weighted by Crippen LogP contribution is -2.30. The van der Waals surface area contributed by atoms with Crippen LogP contribution in [-0.2, 0) is 0 Å². The Balaban J connectivity index is 1.40. The summed E-state index contributed by atoms with van der Waals surface area (Å²) in [5.41, 5.74) is 2.31. The van der Waals surface area contributed by atoms with Gasteiger partial charge in [-0.15, -0.1) is 6.58 Å². The monoisotopic (exact) mass is 450 g/mol. The lowest BCUT2D eigenvalue weighted by Gasteiger charge is -2.42. The number of halogens is 2. The van der Waals surface area contributed by atoms with E-state index in [1.165, 1.54) is 56.6 Å². The maximum atomic E-state index is 14.7. The molecule has 2 aliphatic rings. The Morgan fingerprint density at radius 1 is 0.939 bits per heavy atom. The van der Waals surface area contributed by atoms with Gasteiger partial charge in [-0.2, -0.15) is 4.39 Å². The van der Waals surface area contributed by atoms with Gasteiger partial charge in [-0.1, -0.05) is 48.9 Å². The van der Waals surface area contributed by atoms with Gasteiger partial charge in [0.25, 0.3) is 0 Å². The van der Waals surface area contributed by atoms with Gasteiger partial charge in [-0.3, -0.25) is 0 Å². The number of hydrogen-bond donors (Lipinski definition) is 0. The third kappa shape index (κ3) is 5.57. The molecule has 4 rings (SSSR count). The van der Waals surface area contributed by atoms with Crippen LogP contribution in [0.3, 0.4) is 0 Å². The predicted octanol–water partition coefficient (Wildman–Crippen LogP) is 8.85. The number of hydrogen-bond acceptors (Lipinski definition) is 1. The van der Waals surface area contributed by atoms with E-state index in [-0.39, 0.29) is 17.9 Å². The molecule has 33 heavy (non-hydrogen) atoms. The van der Waals surface area contributed by atoms with Gasteiger partial charge >= 0.3 is 0 Å². The van der Waals surface area contributed by atoms with Gasteiger partial charge in [0.15, 0.2) is 11.6 Å². The summed E-state index contributed by atoms with van der Waals surface area (Å²) in [5.74, 6) is 1.35. The molecule has 4 unspecified atom stereocenters. The van der Waals surface area contributed by atoms with E-state index in [4.69, 9.17) is 4.74 Å². The van der Waals surface area contributed by atoms with Crippen LogP contribution in [0.2, 0.25) is 0 Å². The molecule has 1 nitrogen and oxygen atoms in total. The molecule has 0 saturated heterocycles. The molecule has 2 aliphatic carbocycles. The SMILES string of the molecule is C=CCCC1CCC2CC(c3ccc(-c4ccc(OC/C=C/C)c(F)c4F)cc3)CCC2C1. The Labute approximate surface area is 197 Å². The Bertz CT molecular complexity index is 962. The standard InChI is InChI=1S/C30H36F2O/c1-3-5-7-21-8-9-26-20-25(15-14-24(26)19-21)22-10-12-23(13-11-22)27-16-17-28(30(32)29(27)31)33-18-6-4-2/h3-4,6,10-13,16-17,21,24-26H,1,5,7-9,14-15,18-20H2,2H3/b6-4+. The summed E-state index contributed by atoms with van der Waals surface area (Å²) in [5, 5.41) is 0. The number of allylic oxidation sites excluding steroid dienone is 2. The van der Waals surface area contributed by atoms with E-state index in [1.54, 1.807) is 12.1 Å². The quantitative estimate of drug-likeness (QED) is 0.365. The summed E-state index contributed by atoms with van der Waals surface area (Å²) < 4.78 is 34.5. The van der Waals surface area contributed by atoms with E-state index in [0.29, 0.717) is 11.5 Å². The van der Waals surface area contributed by atoms with Crippen molar-refractivity contribution in [1.82, 2.24) is 0 Å². The fourth-order valence-corrected chi connectivity index (χ4v) is 5.94. The van der Waals surface area contributed by atoms with Crippen LogP contribution in [0, 0.1) is 29.4 Å². The van der Waals surface area contributed by atoms with Crippen molar-refractivity contribution in [1.29, 1.82) is 0 Å². The van der Waals surface area contributed by atoms with Crippen molar-refractivity contribution in [3.63, 3.8) is 0 Å². The molecule has 0 radical (unpaired) electrons. The molecule has 3 heteroatoms. The molecule has 4 atom stereocenters. The normalized spacial score (nSPS) is 25.1. The number of rotatable bonds is 8. The third-order valence-electron chi connectivity index (χ3n) is 7.81. The Hall–Kier alpha value is -2.42. The summed E-state index contributed by atoms with van der Waals surface area (Å²) >= 11 is 0. The van der Waals surface area contributed by atoms with Gasteiger partial charge in [0.05, 0.1) is 0 Å². The topological polar surface area (TPSA) is 9.23 Å². The Kier molecular flexibility index (Phi) is 8.01. The zero-order valence-electron chi connectivity index (χ0n) is 19.7. The zero-order chi connectivity index (χ0) is 23.2. The van der Waals surface area contributed by atoms with E-state index < -0.39 is 11.6 Å². The zero-order valence-corrected chi connectivity index (χ0v) is 19.7. The van der Waals surface area contributed by atoms with E-state index >= 15 is 0 Å². The largest absolute Gasteiger partial charge is 0.486 e. The van der Waals surface area contributed by atoms with Crippen LogP contribution in [-0.4, -0.2) is 6.61 Å². The molecular weight excluding hydrogens is 414 g/mol. The first-order valence-electron chi connectivity index (χ1n) is 12.5. The van der Waals surface area contributed by atoms with E-state index in [2.05, 4.69) is 24.8 Å². The van der Waals surface area contributed by atoms with Gasteiger partial charge in [-0.25, -0.2) is 4.39 Å². The molecule has 2 fully saturated rings. The van der Waals surface area contributed by atoms with Gasteiger partial charge in [0.1, 0.15) is 6.61 Å². The van der Waals surface area contributed by atoms with Crippen molar-refractivity contribution < 1.29 is 13.5 Å². The summed E-state index contributed by atoms with van der Waals surface area (Å²) in [7, 11) is 0. The molecule has 2 aromatic carbocycles. The molecule has 0 spiro atoms. The van der Waals surface area contributed by atoms with Crippen molar-refractivity contribution in [2.45, 2.75) is 64.2 Å². The predicted molar refractivity (Wildman–Crippen MR) is 132 cm³/mol. The van der Waals surface area contributed by atoms with E-state index in [1.807, 2.05) is 25.1 Å². The van der Waals surface area contributed by atoms with Gasteiger partial charge in [0, 0.05) is 5.56 Å². The highest BCUT2D eigenvalue weighted by atomic mass is 19.2. The summed E-state index contributed by atoms with van der Waals surface area (Å²) in [6.07, 6.45) is 16.0. The van der Waals surface area contributed by atoms with Gasteiger partial charge in [-0.05, 0) is 98.8 Å². The van der Waals surface area contributed by atoms with Crippen LogP contribution in [0.1, 0.15) is 69.8 Å². The van der Waals surface area contributed by atoms with Crippen molar-refractivity contribution in [2.24, 2.45) is 17.8 Å². The summed E-state index contributed by atoms with van der Waals surface area (Å²) in [4.78, 5) is 0. The maximum absolute atomic E-state index is 14.7. The van der Waals surface area contributed by atoms with Crippen molar-refractivity contribution in [3.05, 3.63) is 78.4 Å². The molecule has 176 valence electrons.